The van der Waals surface area contributed by atoms with Gasteiger partial charge in [0.1, 0.15) is 5.78 Å². The van der Waals surface area contributed by atoms with Crippen LogP contribution in [0.4, 0.5) is 0 Å². The monoisotopic (exact) mass is 250 g/mol. The highest BCUT2D eigenvalue weighted by Crippen LogP contribution is 2.30. The van der Waals surface area contributed by atoms with Crippen molar-refractivity contribution in [2.75, 3.05) is 13.2 Å². The van der Waals surface area contributed by atoms with Crippen LogP contribution in [-0.4, -0.2) is 29.1 Å². The summed E-state index contributed by atoms with van der Waals surface area (Å²) in [6.45, 7) is 1.49. The fourth-order valence-electron chi connectivity index (χ4n) is 2.74. The molecule has 2 unspecified atom stereocenters. The summed E-state index contributed by atoms with van der Waals surface area (Å²) < 4.78 is 10.7. The number of carbonyl (C=O) groups is 1. The molecule has 98 valence electrons. The zero-order valence-corrected chi connectivity index (χ0v) is 10.4. The van der Waals surface area contributed by atoms with Gasteiger partial charge in [0, 0.05) is 18.9 Å². The fourth-order valence-corrected chi connectivity index (χ4v) is 2.74. The van der Waals surface area contributed by atoms with E-state index in [0.717, 1.165) is 38.7 Å². The van der Waals surface area contributed by atoms with Crippen LogP contribution in [0.1, 0.15) is 62.1 Å². The highest BCUT2D eigenvalue weighted by molar-refractivity contribution is 5.85. The number of Topliss-reactive ketones (excluding diaryl/α,β-unsaturated/α-hetero) is 1. The second-order valence-corrected chi connectivity index (χ2v) is 5.17. The first kappa shape index (κ1) is 11.8. The van der Waals surface area contributed by atoms with Crippen molar-refractivity contribution in [1.29, 1.82) is 0 Å². The number of ether oxygens (including phenoxy) is 1. The van der Waals surface area contributed by atoms with Crippen molar-refractivity contribution >= 4 is 5.78 Å². The zero-order valence-electron chi connectivity index (χ0n) is 10.4. The number of carbonyl (C=O) groups excluding carboxylic acids is 1. The summed E-state index contributed by atoms with van der Waals surface area (Å²) in [5, 5.41) is 4.03. The Hall–Kier alpha value is -1.23. The minimum atomic E-state index is -0.162. The first-order valence-electron chi connectivity index (χ1n) is 6.78. The van der Waals surface area contributed by atoms with Crippen molar-refractivity contribution in [3.63, 3.8) is 0 Å². The Morgan fingerprint density at radius 2 is 2.11 bits per heavy atom. The third kappa shape index (κ3) is 2.32. The molecular formula is C13H18N2O3. The molecule has 0 spiro atoms. The van der Waals surface area contributed by atoms with E-state index in [2.05, 4.69) is 10.1 Å². The van der Waals surface area contributed by atoms with Gasteiger partial charge in [-0.3, -0.25) is 4.79 Å². The Balaban J connectivity index is 1.73. The number of nitrogens with zero attached hydrogens (tertiary/aromatic N) is 2. The Morgan fingerprint density at radius 1 is 1.17 bits per heavy atom. The van der Waals surface area contributed by atoms with Gasteiger partial charge < -0.3 is 9.26 Å². The smallest absolute Gasteiger partial charge is 0.237 e. The van der Waals surface area contributed by atoms with E-state index in [1.165, 1.54) is 0 Å². The lowest BCUT2D eigenvalue weighted by atomic mass is 9.88. The van der Waals surface area contributed by atoms with Crippen LogP contribution < -0.4 is 0 Å². The van der Waals surface area contributed by atoms with Crippen LogP contribution in [0.25, 0.3) is 0 Å². The van der Waals surface area contributed by atoms with Gasteiger partial charge in [0.2, 0.25) is 5.89 Å². The SMILES string of the molecule is O=C1CCCCC1c1nc(C2CCCOC2)no1. The van der Waals surface area contributed by atoms with Gasteiger partial charge in [-0.25, -0.2) is 0 Å². The van der Waals surface area contributed by atoms with E-state index in [1.54, 1.807) is 0 Å². The van der Waals surface area contributed by atoms with Gasteiger partial charge in [0.05, 0.1) is 12.5 Å². The predicted octanol–water partition coefficient (Wildman–Crippen LogP) is 2.19. The van der Waals surface area contributed by atoms with E-state index >= 15 is 0 Å². The molecule has 1 aromatic heterocycles. The molecule has 1 aliphatic heterocycles. The molecule has 1 saturated carbocycles. The van der Waals surface area contributed by atoms with Crippen molar-refractivity contribution in [3.05, 3.63) is 11.7 Å². The summed E-state index contributed by atoms with van der Waals surface area (Å²) in [6.07, 6.45) is 5.64. The molecule has 1 aliphatic carbocycles. The number of aromatic nitrogens is 2. The Morgan fingerprint density at radius 3 is 2.89 bits per heavy atom. The molecule has 0 radical (unpaired) electrons. The van der Waals surface area contributed by atoms with Crippen LogP contribution >= 0.6 is 0 Å². The maximum atomic E-state index is 11.8. The lowest BCUT2D eigenvalue weighted by Gasteiger charge is -2.18. The molecule has 0 N–H and O–H groups in total. The quantitative estimate of drug-likeness (QED) is 0.805. The molecule has 2 heterocycles. The minimum absolute atomic E-state index is 0.162. The molecule has 2 aliphatic rings. The molecule has 0 amide bonds. The maximum Gasteiger partial charge on any atom is 0.237 e. The highest BCUT2D eigenvalue weighted by atomic mass is 16.5. The average molecular weight is 250 g/mol. The molecule has 5 heteroatoms. The van der Waals surface area contributed by atoms with Crippen molar-refractivity contribution in [2.45, 2.75) is 50.4 Å². The molecule has 1 aromatic rings. The van der Waals surface area contributed by atoms with Gasteiger partial charge in [-0.1, -0.05) is 11.6 Å². The molecular weight excluding hydrogens is 232 g/mol. The minimum Gasteiger partial charge on any atom is -0.381 e. The number of hydrogen-bond donors (Lipinski definition) is 0. The summed E-state index contributed by atoms with van der Waals surface area (Å²) in [5.41, 5.74) is 0. The topological polar surface area (TPSA) is 65.2 Å². The van der Waals surface area contributed by atoms with Gasteiger partial charge in [0.15, 0.2) is 5.82 Å². The van der Waals surface area contributed by atoms with E-state index in [0.29, 0.717) is 24.7 Å². The molecule has 5 nitrogen and oxygen atoms in total. The van der Waals surface area contributed by atoms with E-state index in [9.17, 15) is 4.79 Å². The van der Waals surface area contributed by atoms with E-state index < -0.39 is 0 Å². The van der Waals surface area contributed by atoms with Crippen LogP contribution in [-0.2, 0) is 9.53 Å². The summed E-state index contributed by atoms with van der Waals surface area (Å²) in [7, 11) is 0. The van der Waals surface area contributed by atoms with Gasteiger partial charge in [-0.05, 0) is 25.7 Å². The van der Waals surface area contributed by atoms with Crippen molar-refractivity contribution < 1.29 is 14.1 Å². The molecule has 1 saturated heterocycles. The predicted molar refractivity (Wildman–Crippen MR) is 63.3 cm³/mol. The van der Waals surface area contributed by atoms with Crippen LogP contribution in [0, 0.1) is 0 Å². The molecule has 0 bridgehead atoms. The summed E-state index contributed by atoms with van der Waals surface area (Å²) in [4.78, 5) is 16.3. The second-order valence-electron chi connectivity index (χ2n) is 5.17. The van der Waals surface area contributed by atoms with Gasteiger partial charge in [-0.15, -0.1) is 0 Å². The number of ketones is 1. The molecule has 18 heavy (non-hydrogen) atoms. The van der Waals surface area contributed by atoms with Gasteiger partial charge in [0.25, 0.3) is 0 Å². The number of rotatable bonds is 2. The lowest BCUT2D eigenvalue weighted by Crippen LogP contribution is -2.18. The van der Waals surface area contributed by atoms with Gasteiger partial charge >= 0.3 is 0 Å². The largest absolute Gasteiger partial charge is 0.381 e. The maximum absolute atomic E-state index is 11.8. The van der Waals surface area contributed by atoms with Crippen LogP contribution in [0.2, 0.25) is 0 Å². The zero-order chi connectivity index (χ0) is 12.4. The van der Waals surface area contributed by atoms with E-state index in [1.807, 2.05) is 0 Å². The molecule has 0 aromatic carbocycles. The Kier molecular flexibility index (Phi) is 3.41. The van der Waals surface area contributed by atoms with Crippen molar-refractivity contribution in [1.82, 2.24) is 10.1 Å². The summed E-state index contributed by atoms with van der Waals surface area (Å²) in [5.74, 6) is 1.54. The third-order valence-corrected chi connectivity index (χ3v) is 3.84. The highest BCUT2D eigenvalue weighted by Gasteiger charge is 2.30. The van der Waals surface area contributed by atoms with Crippen LogP contribution in [0.15, 0.2) is 4.52 Å². The molecule has 2 fully saturated rings. The van der Waals surface area contributed by atoms with Crippen LogP contribution in [0.3, 0.4) is 0 Å². The first-order valence-corrected chi connectivity index (χ1v) is 6.78. The first-order chi connectivity index (χ1) is 8.84. The average Bonchev–Trinajstić information content (AvgIpc) is 2.90. The Bertz CT molecular complexity index is 424. The third-order valence-electron chi connectivity index (χ3n) is 3.84. The standard InChI is InChI=1S/C13H18N2O3/c16-11-6-2-1-5-10(11)13-14-12(15-18-13)9-4-3-7-17-8-9/h9-10H,1-8H2. The summed E-state index contributed by atoms with van der Waals surface area (Å²) in [6, 6.07) is 0. The second kappa shape index (κ2) is 5.18. The lowest BCUT2D eigenvalue weighted by molar-refractivity contribution is -0.122. The molecule has 2 atom stereocenters. The summed E-state index contributed by atoms with van der Waals surface area (Å²) >= 11 is 0. The van der Waals surface area contributed by atoms with Crippen LogP contribution in [0.5, 0.6) is 0 Å². The fraction of sp³-hybridized carbons (Fsp3) is 0.769. The van der Waals surface area contributed by atoms with E-state index in [-0.39, 0.29) is 17.6 Å². The molecule has 3 rings (SSSR count). The number of hydrogen-bond acceptors (Lipinski definition) is 5. The normalized spacial score (nSPS) is 29.4. The van der Waals surface area contributed by atoms with Crippen molar-refractivity contribution in [2.24, 2.45) is 0 Å². The van der Waals surface area contributed by atoms with Gasteiger partial charge in [-0.2, -0.15) is 4.98 Å². The van der Waals surface area contributed by atoms with Crippen molar-refractivity contribution in [3.8, 4) is 0 Å². The van der Waals surface area contributed by atoms with E-state index in [4.69, 9.17) is 9.26 Å². The Labute approximate surface area is 106 Å².